The van der Waals surface area contributed by atoms with Crippen molar-refractivity contribution < 1.29 is 94.5 Å². The number of carbonyl (C=O) groups excluding carboxylic acids is 1. The number of hydrogen-bond donors (Lipinski definition) is 12. The van der Waals surface area contributed by atoms with Crippen LogP contribution in [0.5, 0.6) is 0 Å². The van der Waals surface area contributed by atoms with Gasteiger partial charge in [-0.15, -0.1) is 0 Å². The lowest BCUT2D eigenvalue weighted by atomic mass is 9.33. The fourth-order valence-corrected chi connectivity index (χ4v) is 14.5. The Balaban J connectivity index is 0.971. The highest BCUT2D eigenvalue weighted by atomic mass is 16.8. The van der Waals surface area contributed by atoms with Crippen molar-refractivity contribution >= 4 is 5.97 Å². The lowest BCUT2D eigenvalue weighted by molar-refractivity contribution is -0.361. The molecule has 0 bridgehead atoms. The van der Waals surface area contributed by atoms with Crippen molar-refractivity contribution in [2.45, 2.75) is 197 Å². The molecule has 7 fully saturated rings. The second kappa shape index (κ2) is 18.1. The molecule has 0 aromatic carbocycles. The average Bonchev–Trinajstić information content (AvgIpc) is 3.28. The van der Waals surface area contributed by atoms with Gasteiger partial charge >= 0.3 is 5.97 Å². The van der Waals surface area contributed by atoms with Crippen molar-refractivity contribution in [1.29, 1.82) is 0 Å². The molecule has 3 aliphatic heterocycles. The predicted molar refractivity (Wildman–Crippen MR) is 227 cm³/mol. The van der Waals surface area contributed by atoms with E-state index in [4.69, 9.17) is 28.4 Å². The monoisotopic (exact) mass is 942 g/mol. The summed E-state index contributed by atoms with van der Waals surface area (Å²) in [4.78, 5) is 14.8. The van der Waals surface area contributed by atoms with Gasteiger partial charge < -0.3 is 89.7 Å². The summed E-state index contributed by atoms with van der Waals surface area (Å²) in [5.74, 6) is -0.839. The maximum absolute atomic E-state index is 14.8. The van der Waals surface area contributed by atoms with E-state index in [1.807, 2.05) is 6.92 Å². The van der Waals surface area contributed by atoms with E-state index in [0.717, 1.165) is 24.0 Å². The quantitative estimate of drug-likeness (QED) is 0.0939. The van der Waals surface area contributed by atoms with Crippen LogP contribution in [-0.4, -0.2) is 191 Å². The van der Waals surface area contributed by atoms with Gasteiger partial charge in [-0.25, -0.2) is 0 Å². The number of aliphatic hydroxyl groups excluding tert-OH is 12. The van der Waals surface area contributed by atoms with Gasteiger partial charge in [-0.3, -0.25) is 4.79 Å². The fourth-order valence-electron chi connectivity index (χ4n) is 14.5. The molecule has 3 saturated heterocycles. The number of allylic oxidation sites excluding steroid dienone is 3. The summed E-state index contributed by atoms with van der Waals surface area (Å²) in [7, 11) is 0. The Hall–Kier alpha value is -1.73. The first kappa shape index (κ1) is 50.7. The summed E-state index contributed by atoms with van der Waals surface area (Å²) < 4.78 is 34.5. The molecule has 5 aliphatic carbocycles. The molecule has 8 aliphatic rings. The highest BCUT2D eigenvalue weighted by Crippen LogP contribution is 2.75. The summed E-state index contributed by atoms with van der Waals surface area (Å²) in [6.45, 7) is 12.8. The van der Waals surface area contributed by atoms with Gasteiger partial charge in [0, 0.05) is 11.3 Å². The lowest BCUT2D eigenvalue weighted by Gasteiger charge is -2.71. The topological polar surface area (TPSA) is 315 Å². The van der Waals surface area contributed by atoms with Crippen molar-refractivity contribution in [2.24, 2.45) is 44.8 Å². The standard InChI is InChI=1S/C47H74O19/c1-20-9-12-47(14-13-45(5)22(23(47)15-20)7-8-28-43(3)16-24(50)38(59)44(4,19-49)27(43)10-11-46(28,45)6)42(60)66-41-35(57)32(54)30(52)26(64-41)18-61-39-36(58)33(55)37(25(17-48)63-39)65-40-34(56)31(53)29(51)21(2)62-40/h7,21,23-41,48-59H,1,8-19H2,2-6H3/t21-,23+,24+,25+,26+,27-,28+,29-,30+,31+,32-,33+,34+,35+,36+,37+,38-,39+,40-,41-,43-,44-,45+,46+,47-/m0/s1. The van der Waals surface area contributed by atoms with Gasteiger partial charge in [0.25, 0.3) is 0 Å². The molecule has 0 unspecified atom stereocenters. The van der Waals surface area contributed by atoms with E-state index < -0.39 is 134 Å². The van der Waals surface area contributed by atoms with Gasteiger partial charge in [-0.05, 0) is 92.8 Å². The summed E-state index contributed by atoms with van der Waals surface area (Å²) in [5.41, 5.74) is -0.784. The Kier molecular flexibility index (Phi) is 13.9. The molecule has 0 spiro atoms. The minimum atomic E-state index is -1.87. The zero-order chi connectivity index (χ0) is 48.2. The number of fused-ring (bicyclic) bond motifs is 7. The van der Waals surface area contributed by atoms with Crippen molar-refractivity contribution in [3.63, 3.8) is 0 Å². The minimum Gasteiger partial charge on any atom is -0.432 e. The van der Waals surface area contributed by atoms with E-state index in [1.165, 1.54) is 6.92 Å². The van der Waals surface area contributed by atoms with E-state index in [1.54, 1.807) is 0 Å². The van der Waals surface area contributed by atoms with Crippen molar-refractivity contribution in [3.8, 4) is 0 Å². The summed E-state index contributed by atoms with van der Waals surface area (Å²) in [6.07, 6.45) is -18.9. The van der Waals surface area contributed by atoms with Crippen molar-refractivity contribution in [2.75, 3.05) is 19.8 Å². The van der Waals surface area contributed by atoms with Gasteiger partial charge in [0.1, 0.15) is 67.1 Å². The molecule has 19 heteroatoms. The number of rotatable bonds is 9. The summed E-state index contributed by atoms with van der Waals surface area (Å²) in [6, 6.07) is 0. The molecule has 66 heavy (non-hydrogen) atoms. The van der Waals surface area contributed by atoms with Crippen LogP contribution in [0.1, 0.15) is 92.4 Å². The normalized spacial score (nSPS) is 55.1. The molecule has 0 aromatic rings. The first-order valence-corrected chi connectivity index (χ1v) is 23.8. The number of hydrogen-bond acceptors (Lipinski definition) is 19. The van der Waals surface area contributed by atoms with Crippen LogP contribution >= 0.6 is 0 Å². The van der Waals surface area contributed by atoms with E-state index in [2.05, 4.69) is 33.4 Å². The van der Waals surface area contributed by atoms with Crippen molar-refractivity contribution in [3.05, 3.63) is 23.8 Å². The van der Waals surface area contributed by atoms with E-state index in [9.17, 15) is 66.1 Å². The minimum absolute atomic E-state index is 0.0197. The van der Waals surface area contributed by atoms with E-state index >= 15 is 0 Å². The molecular weight excluding hydrogens is 868 g/mol. The van der Waals surface area contributed by atoms with Crippen LogP contribution < -0.4 is 0 Å². The zero-order valence-corrected chi connectivity index (χ0v) is 38.5. The smallest absolute Gasteiger partial charge is 0.315 e. The number of aliphatic hydroxyl groups is 12. The van der Waals surface area contributed by atoms with E-state index in [-0.39, 0.29) is 40.6 Å². The third-order valence-corrected chi connectivity index (χ3v) is 18.8. The van der Waals surface area contributed by atoms with Crippen LogP contribution in [0.25, 0.3) is 0 Å². The van der Waals surface area contributed by atoms with Gasteiger partial charge in [0.15, 0.2) is 12.6 Å². The molecule has 3 heterocycles. The first-order valence-electron chi connectivity index (χ1n) is 23.8. The Bertz CT molecular complexity index is 1830. The molecule has 0 aromatic heterocycles. The summed E-state index contributed by atoms with van der Waals surface area (Å²) in [5, 5.41) is 129. The Morgan fingerprint density at radius 2 is 1.41 bits per heavy atom. The Labute approximate surface area is 384 Å². The highest BCUT2D eigenvalue weighted by Gasteiger charge is 2.70. The predicted octanol–water partition coefficient (Wildman–Crippen LogP) is -1.36. The molecule has 4 saturated carbocycles. The average molecular weight is 943 g/mol. The summed E-state index contributed by atoms with van der Waals surface area (Å²) >= 11 is 0. The fraction of sp³-hybridized carbons (Fsp3) is 0.894. The molecule has 376 valence electrons. The largest absolute Gasteiger partial charge is 0.432 e. The van der Waals surface area contributed by atoms with Crippen LogP contribution in [0.4, 0.5) is 0 Å². The van der Waals surface area contributed by atoms with E-state index in [0.29, 0.717) is 44.9 Å². The molecule has 19 nitrogen and oxygen atoms in total. The van der Waals surface area contributed by atoms with Crippen LogP contribution in [0.15, 0.2) is 23.8 Å². The number of esters is 1. The van der Waals surface area contributed by atoms with Crippen LogP contribution in [0.3, 0.4) is 0 Å². The molecular formula is C47H74O19. The van der Waals surface area contributed by atoms with Gasteiger partial charge in [0.05, 0.1) is 43.5 Å². The second-order valence-electron chi connectivity index (χ2n) is 22.1. The maximum atomic E-state index is 14.8. The highest BCUT2D eigenvalue weighted by molar-refractivity contribution is 5.79. The first-order chi connectivity index (χ1) is 30.9. The molecule has 12 N–H and O–H groups in total. The van der Waals surface area contributed by atoms with Crippen LogP contribution in [-0.2, 0) is 33.2 Å². The Morgan fingerprint density at radius 1 is 0.758 bits per heavy atom. The molecule has 0 radical (unpaired) electrons. The molecule has 25 atom stereocenters. The molecule has 0 amide bonds. The van der Waals surface area contributed by atoms with Gasteiger partial charge in [-0.2, -0.15) is 0 Å². The number of carbonyl (C=O) groups is 1. The third-order valence-electron chi connectivity index (χ3n) is 18.8. The maximum Gasteiger partial charge on any atom is 0.315 e. The van der Waals surface area contributed by atoms with Gasteiger partial charge in [0.2, 0.25) is 6.29 Å². The third kappa shape index (κ3) is 7.70. The van der Waals surface area contributed by atoms with Crippen molar-refractivity contribution in [1.82, 2.24) is 0 Å². The SMILES string of the molecule is C=C1CC[C@]2(C(=O)O[C@@H]3O[C@H](CO[C@@H]4O[C@H](CO)[C@@H](O[C@@H]5O[C@@H](C)[C@H](O)[C@@H](O)[C@H]5O)[C@H](O)[C@H]4O)[C@@H](O)[C@H](O)[C@H]3O)CC[C@]3(C)C(=CC[C@@H]4[C@@]5(C)C[C@@H](O)[C@H](O)[C@@](C)(CO)[C@H]5CC[C@]43C)[C@H]2C1. The molecule has 8 rings (SSSR count). The van der Waals surface area contributed by atoms with Crippen LogP contribution in [0.2, 0.25) is 0 Å². The number of ether oxygens (including phenoxy) is 6. The lowest BCUT2D eigenvalue weighted by Crippen LogP contribution is -2.68. The van der Waals surface area contributed by atoms with Gasteiger partial charge in [-0.1, -0.05) is 51.5 Å². The second-order valence-corrected chi connectivity index (χ2v) is 22.1. The Morgan fingerprint density at radius 3 is 2.09 bits per heavy atom. The van der Waals surface area contributed by atoms with Crippen LogP contribution in [0, 0.1) is 44.8 Å². The zero-order valence-electron chi connectivity index (χ0n) is 38.5.